The van der Waals surface area contributed by atoms with Gasteiger partial charge in [-0.25, -0.2) is 4.99 Å². The molecule has 6 heteroatoms. The first kappa shape index (κ1) is 11.5. The lowest BCUT2D eigenvalue weighted by atomic mass is 10.2. The fourth-order valence-corrected chi connectivity index (χ4v) is 2.05. The van der Waals surface area contributed by atoms with Crippen LogP contribution < -0.4 is 10.6 Å². The van der Waals surface area contributed by atoms with Crippen molar-refractivity contribution >= 4 is 34.8 Å². The molecule has 0 amide bonds. The van der Waals surface area contributed by atoms with Crippen molar-refractivity contribution in [3.63, 3.8) is 0 Å². The number of aliphatic imine (C=N–C) groups is 1. The van der Waals surface area contributed by atoms with Gasteiger partial charge in [0.2, 0.25) is 0 Å². The lowest BCUT2D eigenvalue weighted by Gasteiger charge is -2.06. The van der Waals surface area contributed by atoms with Crippen molar-refractivity contribution < 1.29 is 5.11 Å². The van der Waals surface area contributed by atoms with Crippen molar-refractivity contribution in [1.29, 1.82) is 0 Å². The van der Waals surface area contributed by atoms with E-state index in [0.29, 0.717) is 27.3 Å². The molecule has 0 spiro atoms. The predicted molar refractivity (Wildman–Crippen MR) is 65.5 cm³/mol. The first-order chi connectivity index (χ1) is 7.70. The minimum atomic E-state index is -0.0905. The van der Waals surface area contributed by atoms with Crippen LogP contribution >= 0.6 is 23.2 Å². The molecular formula is C10H11Cl2N3O. The van der Waals surface area contributed by atoms with E-state index in [1.54, 1.807) is 12.1 Å². The molecule has 86 valence electrons. The molecule has 0 atom stereocenters. The Hall–Kier alpha value is -0.970. The molecule has 1 heterocycles. The van der Waals surface area contributed by atoms with Crippen LogP contribution in [0.4, 0.5) is 5.69 Å². The van der Waals surface area contributed by atoms with Crippen LogP contribution in [0.5, 0.6) is 0 Å². The second kappa shape index (κ2) is 4.91. The van der Waals surface area contributed by atoms with Crippen LogP contribution in [0.1, 0.15) is 5.56 Å². The Kier molecular flexibility index (Phi) is 3.53. The van der Waals surface area contributed by atoms with Crippen LogP contribution in [0.25, 0.3) is 0 Å². The molecule has 1 aromatic rings. The van der Waals surface area contributed by atoms with Crippen molar-refractivity contribution in [2.75, 3.05) is 13.1 Å². The molecule has 3 N–H and O–H groups in total. The molecule has 1 fully saturated rings. The van der Waals surface area contributed by atoms with Crippen LogP contribution in [-0.2, 0) is 6.61 Å². The van der Waals surface area contributed by atoms with Gasteiger partial charge in [-0.15, -0.1) is 0 Å². The maximum Gasteiger partial charge on any atom is 0.196 e. The second-order valence-electron chi connectivity index (χ2n) is 3.38. The van der Waals surface area contributed by atoms with Gasteiger partial charge >= 0.3 is 0 Å². The van der Waals surface area contributed by atoms with E-state index in [9.17, 15) is 0 Å². The average molecular weight is 260 g/mol. The second-order valence-corrected chi connectivity index (χ2v) is 4.19. The lowest BCUT2D eigenvalue weighted by molar-refractivity contribution is 0.282. The molecule has 2 rings (SSSR count). The van der Waals surface area contributed by atoms with Crippen LogP contribution in [-0.4, -0.2) is 24.2 Å². The molecule has 0 radical (unpaired) electrons. The maximum absolute atomic E-state index is 8.98. The lowest BCUT2D eigenvalue weighted by Crippen LogP contribution is -2.23. The predicted octanol–water partition coefficient (Wildman–Crippen LogP) is 1.67. The van der Waals surface area contributed by atoms with Gasteiger partial charge in [0, 0.05) is 13.1 Å². The third-order valence-corrected chi connectivity index (χ3v) is 2.77. The topological polar surface area (TPSA) is 56.7 Å². The number of aliphatic hydroxyl groups is 1. The number of hydrogen-bond donors (Lipinski definition) is 3. The number of aliphatic hydroxyl groups excluding tert-OH is 1. The summed E-state index contributed by atoms with van der Waals surface area (Å²) in [6, 6.07) is 3.31. The molecule has 0 bridgehead atoms. The van der Waals surface area contributed by atoms with Crippen molar-refractivity contribution in [2.45, 2.75) is 6.61 Å². The van der Waals surface area contributed by atoms with Crippen LogP contribution in [0.15, 0.2) is 17.1 Å². The van der Waals surface area contributed by atoms with Gasteiger partial charge < -0.3 is 15.7 Å². The third kappa shape index (κ3) is 2.40. The summed E-state index contributed by atoms with van der Waals surface area (Å²) < 4.78 is 0. The van der Waals surface area contributed by atoms with Gasteiger partial charge in [-0.05, 0) is 17.7 Å². The van der Waals surface area contributed by atoms with Gasteiger partial charge in [-0.3, -0.25) is 0 Å². The molecule has 1 aliphatic heterocycles. The molecule has 1 saturated heterocycles. The number of nitrogens with one attached hydrogen (secondary N) is 2. The average Bonchev–Trinajstić information content (AvgIpc) is 2.75. The zero-order chi connectivity index (χ0) is 11.5. The molecule has 4 nitrogen and oxygen atoms in total. The Morgan fingerprint density at radius 1 is 1.19 bits per heavy atom. The Morgan fingerprint density at radius 2 is 1.75 bits per heavy atom. The first-order valence-corrected chi connectivity index (χ1v) is 5.61. The number of benzene rings is 1. The normalized spacial score (nSPS) is 14.6. The number of rotatable bonds is 2. The smallest absolute Gasteiger partial charge is 0.196 e. The van der Waals surface area contributed by atoms with E-state index in [-0.39, 0.29) is 6.61 Å². The first-order valence-electron chi connectivity index (χ1n) is 4.86. The van der Waals surface area contributed by atoms with Gasteiger partial charge in [-0.2, -0.15) is 0 Å². The number of hydrogen-bond acceptors (Lipinski definition) is 2. The highest BCUT2D eigenvalue weighted by atomic mass is 35.5. The maximum atomic E-state index is 8.98. The zero-order valence-electron chi connectivity index (χ0n) is 8.43. The van der Waals surface area contributed by atoms with E-state index in [4.69, 9.17) is 28.3 Å². The third-order valence-electron chi connectivity index (χ3n) is 2.19. The van der Waals surface area contributed by atoms with E-state index in [1.165, 1.54) is 0 Å². The fraction of sp³-hybridized carbons (Fsp3) is 0.300. The van der Waals surface area contributed by atoms with Crippen molar-refractivity contribution in [2.24, 2.45) is 4.99 Å². The molecule has 1 aromatic carbocycles. The Balaban J connectivity index is 2.37. The number of guanidine groups is 1. The summed E-state index contributed by atoms with van der Waals surface area (Å²) in [4.78, 5) is 4.28. The zero-order valence-corrected chi connectivity index (χ0v) is 9.94. The van der Waals surface area contributed by atoms with Gasteiger partial charge in [0.15, 0.2) is 5.96 Å². The van der Waals surface area contributed by atoms with Crippen molar-refractivity contribution in [1.82, 2.24) is 10.6 Å². The summed E-state index contributed by atoms with van der Waals surface area (Å²) >= 11 is 12.1. The monoisotopic (exact) mass is 259 g/mol. The quantitative estimate of drug-likeness (QED) is 0.758. The minimum Gasteiger partial charge on any atom is -0.392 e. The molecule has 0 aliphatic carbocycles. The van der Waals surface area contributed by atoms with Gasteiger partial charge in [0.05, 0.1) is 16.7 Å². The van der Waals surface area contributed by atoms with Gasteiger partial charge in [-0.1, -0.05) is 23.2 Å². The Bertz CT molecular complexity index is 403. The highest BCUT2D eigenvalue weighted by Gasteiger charge is 2.11. The summed E-state index contributed by atoms with van der Waals surface area (Å²) in [6.07, 6.45) is 0. The summed E-state index contributed by atoms with van der Waals surface area (Å²) in [5, 5.41) is 16.0. The Labute approximate surface area is 103 Å². The van der Waals surface area contributed by atoms with E-state index in [0.717, 1.165) is 13.1 Å². The number of halogens is 2. The number of nitrogens with zero attached hydrogens (tertiary/aromatic N) is 1. The largest absolute Gasteiger partial charge is 0.392 e. The van der Waals surface area contributed by atoms with E-state index in [1.807, 2.05) is 0 Å². The highest BCUT2D eigenvalue weighted by Crippen LogP contribution is 2.34. The van der Waals surface area contributed by atoms with Crippen molar-refractivity contribution in [3.05, 3.63) is 27.7 Å². The summed E-state index contributed by atoms with van der Waals surface area (Å²) in [5.74, 6) is 0.667. The SMILES string of the molecule is OCc1cc(Cl)c(N=C2NCCN2)c(Cl)c1. The fourth-order valence-electron chi connectivity index (χ4n) is 1.43. The van der Waals surface area contributed by atoms with Crippen LogP contribution in [0.2, 0.25) is 10.0 Å². The summed E-state index contributed by atoms with van der Waals surface area (Å²) in [6.45, 7) is 1.58. The molecular weight excluding hydrogens is 249 g/mol. The molecule has 0 saturated carbocycles. The minimum absolute atomic E-state index is 0.0905. The Morgan fingerprint density at radius 3 is 2.25 bits per heavy atom. The molecule has 16 heavy (non-hydrogen) atoms. The standard InChI is InChI=1S/C10H11Cl2N3O/c11-7-3-6(5-16)4-8(12)9(7)15-10-13-1-2-14-10/h3-4,16H,1-2,5H2,(H2,13,14,15). The highest BCUT2D eigenvalue weighted by molar-refractivity contribution is 6.39. The summed E-state index contributed by atoms with van der Waals surface area (Å²) in [5.41, 5.74) is 1.18. The van der Waals surface area contributed by atoms with Crippen LogP contribution in [0, 0.1) is 0 Å². The molecule has 0 unspecified atom stereocenters. The molecule has 1 aliphatic rings. The van der Waals surface area contributed by atoms with Gasteiger partial charge in [0.1, 0.15) is 5.69 Å². The van der Waals surface area contributed by atoms with E-state index >= 15 is 0 Å². The van der Waals surface area contributed by atoms with Crippen LogP contribution in [0.3, 0.4) is 0 Å². The van der Waals surface area contributed by atoms with E-state index in [2.05, 4.69) is 15.6 Å². The van der Waals surface area contributed by atoms with E-state index < -0.39 is 0 Å². The van der Waals surface area contributed by atoms with Gasteiger partial charge in [0.25, 0.3) is 0 Å². The molecule has 0 aromatic heterocycles. The summed E-state index contributed by atoms with van der Waals surface area (Å²) in [7, 11) is 0. The van der Waals surface area contributed by atoms with Crippen molar-refractivity contribution in [3.8, 4) is 0 Å².